The van der Waals surface area contributed by atoms with Gasteiger partial charge in [0.1, 0.15) is 0 Å². The van der Waals surface area contributed by atoms with Gasteiger partial charge in [-0.1, -0.05) is 6.07 Å². The molecule has 1 aliphatic carbocycles. The minimum Gasteiger partial charge on any atom is -0.308 e. The maximum Gasteiger partial charge on any atom is 0.251 e. The van der Waals surface area contributed by atoms with E-state index in [2.05, 4.69) is 9.88 Å². The lowest BCUT2D eigenvalue weighted by molar-refractivity contribution is 0.275. The van der Waals surface area contributed by atoms with Crippen molar-refractivity contribution in [3.05, 3.63) is 63.8 Å². The smallest absolute Gasteiger partial charge is 0.251 e. The molecule has 23 heavy (non-hydrogen) atoms. The van der Waals surface area contributed by atoms with Crippen LogP contribution in [0.25, 0.3) is 0 Å². The fourth-order valence-corrected chi connectivity index (χ4v) is 3.53. The lowest BCUT2D eigenvalue weighted by Gasteiger charge is -2.19. The summed E-state index contributed by atoms with van der Waals surface area (Å²) < 4.78 is 1.96. The highest BCUT2D eigenvalue weighted by Crippen LogP contribution is 2.30. The van der Waals surface area contributed by atoms with Gasteiger partial charge in [-0.25, -0.2) is 0 Å². The quantitative estimate of drug-likeness (QED) is 0.868. The van der Waals surface area contributed by atoms with E-state index in [0.717, 1.165) is 37.4 Å². The minimum atomic E-state index is 0.108. The zero-order valence-corrected chi connectivity index (χ0v) is 13.4. The van der Waals surface area contributed by atoms with Crippen LogP contribution in [0.15, 0.2) is 41.5 Å². The third kappa shape index (κ3) is 3.37. The number of hydrogen-bond donors (Lipinski definition) is 0. The summed E-state index contributed by atoms with van der Waals surface area (Å²) in [6, 6.07) is 7.75. The van der Waals surface area contributed by atoms with Crippen molar-refractivity contribution in [2.45, 2.75) is 32.2 Å². The van der Waals surface area contributed by atoms with Gasteiger partial charge in [-0.05, 0) is 48.4 Å². The molecule has 0 spiro atoms. The second kappa shape index (κ2) is 6.28. The zero-order chi connectivity index (χ0) is 15.6. The van der Waals surface area contributed by atoms with Gasteiger partial charge in [-0.3, -0.25) is 9.78 Å². The summed E-state index contributed by atoms with van der Waals surface area (Å²) in [6.45, 7) is 4.08. The fourth-order valence-electron chi connectivity index (χ4n) is 3.53. The van der Waals surface area contributed by atoms with E-state index in [1.54, 1.807) is 18.5 Å². The van der Waals surface area contributed by atoms with E-state index in [9.17, 15) is 4.79 Å². The molecular formula is C19H23N3O. The molecule has 0 N–H and O–H groups in total. The number of aromatic nitrogens is 2. The first kappa shape index (κ1) is 14.6. The summed E-state index contributed by atoms with van der Waals surface area (Å²) in [7, 11) is 0. The van der Waals surface area contributed by atoms with Gasteiger partial charge in [0.25, 0.3) is 5.56 Å². The second-order valence-electron chi connectivity index (χ2n) is 6.83. The van der Waals surface area contributed by atoms with Gasteiger partial charge in [0.2, 0.25) is 0 Å². The van der Waals surface area contributed by atoms with E-state index in [-0.39, 0.29) is 5.56 Å². The highest BCUT2D eigenvalue weighted by Gasteiger charge is 2.25. The average Bonchev–Trinajstić information content (AvgIpc) is 3.40. The van der Waals surface area contributed by atoms with E-state index >= 15 is 0 Å². The number of rotatable bonds is 4. The van der Waals surface area contributed by atoms with Crippen molar-refractivity contribution in [2.75, 3.05) is 19.6 Å². The van der Waals surface area contributed by atoms with Gasteiger partial charge >= 0.3 is 0 Å². The molecule has 1 saturated carbocycles. The molecule has 0 radical (unpaired) electrons. The van der Waals surface area contributed by atoms with Gasteiger partial charge in [0, 0.05) is 50.2 Å². The molecule has 2 aromatic rings. The van der Waals surface area contributed by atoms with Gasteiger partial charge in [-0.15, -0.1) is 0 Å². The Morgan fingerprint density at radius 2 is 1.83 bits per heavy atom. The Morgan fingerprint density at radius 3 is 2.61 bits per heavy atom. The van der Waals surface area contributed by atoms with Crippen LogP contribution in [0.2, 0.25) is 0 Å². The lowest BCUT2D eigenvalue weighted by atomic mass is 10.1. The van der Waals surface area contributed by atoms with Gasteiger partial charge in [-0.2, -0.15) is 0 Å². The Morgan fingerprint density at radius 1 is 1.04 bits per heavy atom. The molecule has 0 unspecified atom stereocenters. The molecule has 0 amide bonds. The molecule has 3 heterocycles. The number of pyridine rings is 2. The van der Waals surface area contributed by atoms with Crippen molar-refractivity contribution >= 4 is 0 Å². The van der Waals surface area contributed by atoms with Crippen LogP contribution >= 0.6 is 0 Å². The molecule has 1 aliphatic heterocycles. The summed E-state index contributed by atoms with van der Waals surface area (Å²) in [5.74, 6) is 0.926. The summed E-state index contributed by atoms with van der Waals surface area (Å²) in [5, 5.41) is 0. The Bertz CT molecular complexity index is 734. The highest BCUT2D eigenvalue weighted by atomic mass is 16.1. The van der Waals surface area contributed by atoms with Crippen LogP contribution < -0.4 is 5.56 Å². The number of nitrogens with zero attached hydrogens (tertiary/aromatic N) is 3. The lowest BCUT2D eigenvalue weighted by Crippen LogP contribution is -2.29. The fraction of sp³-hybridized carbons (Fsp3) is 0.474. The first-order valence-corrected chi connectivity index (χ1v) is 8.62. The van der Waals surface area contributed by atoms with Crippen molar-refractivity contribution in [3.63, 3.8) is 0 Å². The number of fused-ring (bicyclic) bond motifs is 1. The topological polar surface area (TPSA) is 38.1 Å². The Balaban J connectivity index is 1.60. The zero-order valence-electron chi connectivity index (χ0n) is 13.4. The highest BCUT2D eigenvalue weighted by molar-refractivity contribution is 5.25. The summed E-state index contributed by atoms with van der Waals surface area (Å²) in [4.78, 5) is 19.1. The molecule has 4 rings (SSSR count). The standard InChI is InChI=1S/C19H23N3O/c23-19-4-3-17-7-11-21(13-15-1-2-15)12-8-18(17)22(19)14-16-5-9-20-10-6-16/h3-6,9-10,15H,1-2,7-8,11-14H2. The molecule has 2 aromatic heterocycles. The van der Waals surface area contributed by atoms with Gasteiger partial charge in [0.15, 0.2) is 0 Å². The predicted molar refractivity (Wildman–Crippen MR) is 90.6 cm³/mol. The van der Waals surface area contributed by atoms with Crippen LogP contribution in [0.4, 0.5) is 0 Å². The maximum absolute atomic E-state index is 12.4. The molecule has 0 aromatic carbocycles. The Hall–Kier alpha value is -1.94. The average molecular weight is 309 g/mol. The molecule has 0 atom stereocenters. The van der Waals surface area contributed by atoms with Crippen LogP contribution in [0.3, 0.4) is 0 Å². The van der Waals surface area contributed by atoms with E-state index in [1.165, 1.54) is 30.6 Å². The van der Waals surface area contributed by atoms with Crippen molar-refractivity contribution in [2.24, 2.45) is 5.92 Å². The summed E-state index contributed by atoms with van der Waals surface area (Å²) >= 11 is 0. The molecule has 2 aliphatic rings. The normalized spacial score (nSPS) is 18.4. The van der Waals surface area contributed by atoms with Gasteiger partial charge in [0.05, 0.1) is 6.54 Å². The largest absolute Gasteiger partial charge is 0.308 e. The molecule has 120 valence electrons. The third-order valence-corrected chi connectivity index (χ3v) is 5.06. The second-order valence-corrected chi connectivity index (χ2v) is 6.83. The summed E-state index contributed by atoms with van der Waals surface area (Å²) in [6.07, 6.45) is 8.41. The molecule has 4 heteroatoms. The van der Waals surface area contributed by atoms with Crippen LogP contribution in [0.5, 0.6) is 0 Å². The summed E-state index contributed by atoms with van der Waals surface area (Å²) in [5.41, 5.74) is 3.82. The maximum atomic E-state index is 12.4. The van der Waals surface area contributed by atoms with Crippen molar-refractivity contribution in [1.29, 1.82) is 0 Å². The van der Waals surface area contributed by atoms with Crippen LogP contribution in [0.1, 0.15) is 29.7 Å². The SMILES string of the molecule is O=c1ccc2c(n1Cc1ccncc1)CCN(CC1CC1)CC2. The first-order chi connectivity index (χ1) is 11.3. The molecule has 0 bridgehead atoms. The van der Waals surface area contributed by atoms with Crippen molar-refractivity contribution in [1.82, 2.24) is 14.5 Å². The van der Waals surface area contributed by atoms with E-state index in [0.29, 0.717) is 6.54 Å². The predicted octanol–water partition coefficient (Wildman–Crippen LogP) is 2.10. The first-order valence-electron chi connectivity index (χ1n) is 8.62. The van der Waals surface area contributed by atoms with E-state index in [1.807, 2.05) is 22.8 Å². The van der Waals surface area contributed by atoms with E-state index < -0.39 is 0 Å². The van der Waals surface area contributed by atoms with Gasteiger partial charge < -0.3 is 9.47 Å². The molecule has 1 fully saturated rings. The van der Waals surface area contributed by atoms with Crippen molar-refractivity contribution < 1.29 is 0 Å². The molecule has 0 saturated heterocycles. The monoisotopic (exact) mass is 309 g/mol. The molecule has 4 nitrogen and oxygen atoms in total. The van der Waals surface area contributed by atoms with Crippen LogP contribution in [0, 0.1) is 5.92 Å². The minimum absolute atomic E-state index is 0.108. The molecular weight excluding hydrogens is 286 g/mol. The van der Waals surface area contributed by atoms with Crippen molar-refractivity contribution in [3.8, 4) is 0 Å². The Kier molecular flexibility index (Phi) is 4.00. The Labute approximate surface area is 136 Å². The number of hydrogen-bond acceptors (Lipinski definition) is 3. The van der Waals surface area contributed by atoms with Crippen LogP contribution in [-0.2, 0) is 19.4 Å². The third-order valence-electron chi connectivity index (χ3n) is 5.06. The van der Waals surface area contributed by atoms with E-state index in [4.69, 9.17) is 0 Å². The van der Waals surface area contributed by atoms with Crippen LogP contribution in [-0.4, -0.2) is 34.1 Å².